The minimum atomic E-state index is -0.542. The van der Waals surface area contributed by atoms with E-state index in [1.54, 1.807) is 18.0 Å². The lowest BCUT2D eigenvalue weighted by molar-refractivity contribution is -0.145. The van der Waals surface area contributed by atoms with Crippen molar-refractivity contribution in [3.63, 3.8) is 0 Å². The Morgan fingerprint density at radius 3 is 2.66 bits per heavy atom. The van der Waals surface area contributed by atoms with Crippen LogP contribution in [0, 0.1) is 0 Å². The molecule has 166 valence electrons. The molecule has 8 heteroatoms. The number of carbonyl (C=O) groups is 3. The molecule has 3 aromatic rings. The van der Waals surface area contributed by atoms with Gasteiger partial charge in [0, 0.05) is 31.1 Å². The zero-order chi connectivity index (χ0) is 22.5. The van der Waals surface area contributed by atoms with Crippen molar-refractivity contribution in [1.29, 1.82) is 0 Å². The van der Waals surface area contributed by atoms with Crippen LogP contribution in [-0.4, -0.2) is 45.7 Å². The Kier molecular flexibility index (Phi) is 6.49. The van der Waals surface area contributed by atoms with Crippen LogP contribution in [0.25, 0.3) is 11.0 Å². The highest BCUT2D eigenvalue weighted by Crippen LogP contribution is 2.33. The highest BCUT2D eigenvalue weighted by Gasteiger charge is 2.28. The average molecular weight is 434 g/mol. The van der Waals surface area contributed by atoms with Gasteiger partial charge in [-0.05, 0) is 36.0 Å². The largest absolute Gasteiger partial charge is 0.444 e. The lowest BCUT2D eigenvalue weighted by atomic mass is 9.89. The minimum absolute atomic E-state index is 0.190. The molecule has 1 aliphatic rings. The molecule has 1 saturated heterocycles. The Hall–Kier alpha value is -3.68. The van der Waals surface area contributed by atoms with Gasteiger partial charge in [-0.15, -0.1) is 0 Å². The molecular weight excluding hydrogens is 408 g/mol. The van der Waals surface area contributed by atoms with Gasteiger partial charge in [-0.2, -0.15) is 0 Å². The Balaban J connectivity index is 1.40. The number of aromatic nitrogens is 2. The molecule has 8 nitrogen and oxygen atoms in total. The zero-order valence-corrected chi connectivity index (χ0v) is 18.0. The Morgan fingerprint density at radius 1 is 1.19 bits per heavy atom. The fourth-order valence-electron chi connectivity index (χ4n) is 4.03. The Bertz CT molecular complexity index is 1120. The number of aromatic amines is 1. The van der Waals surface area contributed by atoms with Gasteiger partial charge in [-0.3, -0.25) is 14.9 Å². The number of hydrogen-bond donors (Lipinski definition) is 2. The van der Waals surface area contributed by atoms with Crippen molar-refractivity contribution in [2.45, 2.75) is 38.7 Å². The normalized spacial score (nSPS) is 14.3. The fourth-order valence-corrected chi connectivity index (χ4v) is 4.03. The number of likely N-dealkylation sites (tertiary alicyclic amines) is 1. The number of Topliss-reactive ketones (excluding diaryl/α,β-unsaturated/α-hetero) is 1. The van der Waals surface area contributed by atoms with E-state index in [0.717, 1.165) is 35.0 Å². The quantitative estimate of drug-likeness (QED) is 0.571. The summed E-state index contributed by atoms with van der Waals surface area (Å²) < 4.78 is 5.28. The van der Waals surface area contributed by atoms with E-state index in [4.69, 9.17) is 4.74 Å². The first-order valence-corrected chi connectivity index (χ1v) is 10.8. The molecule has 2 amide bonds. The molecule has 0 spiro atoms. The molecule has 32 heavy (non-hydrogen) atoms. The summed E-state index contributed by atoms with van der Waals surface area (Å²) in [5, 5.41) is 3.67. The first-order valence-electron chi connectivity index (χ1n) is 10.8. The van der Waals surface area contributed by atoms with E-state index in [-0.39, 0.29) is 30.6 Å². The number of piperidine rings is 1. The van der Waals surface area contributed by atoms with Gasteiger partial charge in [0.2, 0.25) is 5.78 Å². The van der Waals surface area contributed by atoms with Gasteiger partial charge in [0.05, 0.1) is 11.9 Å². The van der Waals surface area contributed by atoms with Crippen LogP contribution in [0.1, 0.15) is 43.2 Å². The van der Waals surface area contributed by atoms with E-state index in [1.165, 1.54) is 0 Å². The second-order valence-electron chi connectivity index (χ2n) is 7.89. The predicted molar refractivity (Wildman–Crippen MR) is 120 cm³/mol. The number of amides is 2. The number of nitrogens with zero attached hydrogens (tertiary/aromatic N) is 2. The number of pyridine rings is 1. The summed E-state index contributed by atoms with van der Waals surface area (Å²) in [6.07, 6.45) is 4.76. The van der Waals surface area contributed by atoms with Crippen LogP contribution in [0.5, 0.6) is 0 Å². The van der Waals surface area contributed by atoms with Crippen molar-refractivity contribution in [3.8, 4) is 0 Å². The van der Waals surface area contributed by atoms with Gasteiger partial charge in [-0.25, -0.2) is 9.78 Å². The van der Waals surface area contributed by atoms with Crippen LogP contribution >= 0.6 is 0 Å². The maximum absolute atomic E-state index is 12.2. The van der Waals surface area contributed by atoms with Gasteiger partial charge in [-0.1, -0.05) is 37.3 Å². The summed E-state index contributed by atoms with van der Waals surface area (Å²) in [6, 6.07) is 11.4. The first kappa shape index (κ1) is 21.5. The van der Waals surface area contributed by atoms with E-state index in [2.05, 4.69) is 15.3 Å². The maximum atomic E-state index is 12.2. The van der Waals surface area contributed by atoms with Crippen molar-refractivity contribution in [1.82, 2.24) is 14.9 Å². The lowest BCUT2D eigenvalue weighted by Gasteiger charge is -2.31. The van der Waals surface area contributed by atoms with Crippen LogP contribution in [0.15, 0.2) is 48.8 Å². The number of nitrogens with one attached hydrogen (secondary N) is 2. The Morgan fingerprint density at radius 2 is 1.94 bits per heavy atom. The third kappa shape index (κ3) is 4.80. The number of carbonyl (C=O) groups excluding carboxylic acids is 3. The van der Waals surface area contributed by atoms with Crippen molar-refractivity contribution in [2.75, 3.05) is 18.4 Å². The van der Waals surface area contributed by atoms with Gasteiger partial charge in [0.15, 0.2) is 0 Å². The number of ketones is 1. The van der Waals surface area contributed by atoms with Crippen LogP contribution in [0.4, 0.5) is 10.5 Å². The van der Waals surface area contributed by atoms with Gasteiger partial charge < -0.3 is 14.6 Å². The molecule has 0 aliphatic carbocycles. The average Bonchev–Trinajstić information content (AvgIpc) is 3.26. The van der Waals surface area contributed by atoms with Gasteiger partial charge in [0.25, 0.3) is 5.91 Å². The molecule has 0 bridgehead atoms. The third-order valence-corrected chi connectivity index (χ3v) is 5.80. The van der Waals surface area contributed by atoms with Crippen molar-refractivity contribution >= 4 is 34.5 Å². The topological polar surface area (TPSA) is 104 Å². The zero-order valence-electron chi connectivity index (χ0n) is 18.0. The first-order chi connectivity index (χ1) is 15.5. The number of benzene rings is 1. The number of fused-ring (bicyclic) bond motifs is 1. The molecule has 3 heterocycles. The fraction of sp³-hybridized carbons (Fsp3) is 0.333. The summed E-state index contributed by atoms with van der Waals surface area (Å²) >= 11 is 0. The summed E-state index contributed by atoms with van der Waals surface area (Å²) in [5.41, 5.74) is 3.30. The number of hydrogen-bond acceptors (Lipinski definition) is 5. The number of rotatable bonds is 6. The standard InChI is InChI=1S/C24H26N4O4/c1-2-21(29)23(30)28-10-8-17(9-11-28)20-14-26-22-19(20)12-18(13-25-22)27-24(31)32-15-16-6-4-3-5-7-16/h3-7,12-14,17H,2,8-11,15H2,1H3,(H,25,26)(H,27,31). The molecule has 2 aromatic heterocycles. The monoisotopic (exact) mass is 434 g/mol. The smallest absolute Gasteiger partial charge is 0.412 e. The molecule has 1 aromatic carbocycles. The third-order valence-electron chi connectivity index (χ3n) is 5.80. The van der Waals surface area contributed by atoms with Crippen molar-refractivity contribution < 1.29 is 19.1 Å². The van der Waals surface area contributed by atoms with Crippen molar-refractivity contribution in [2.24, 2.45) is 0 Å². The predicted octanol–water partition coefficient (Wildman–Crippen LogP) is 4.00. The molecule has 4 rings (SSSR count). The molecule has 2 N–H and O–H groups in total. The molecular formula is C24H26N4O4. The van der Waals surface area contributed by atoms with E-state index in [1.807, 2.05) is 42.6 Å². The molecule has 0 atom stereocenters. The van der Waals surface area contributed by atoms with E-state index in [0.29, 0.717) is 18.8 Å². The summed E-state index contributed by atoms with van der Waals surface area (Å²) in [6.45, 7) is 3.00. The summed E-state index contributed by atoms with van der Waals surface area (Å²) in [5.74, 6) is -0.478. The van der Waals surface area contributed by atoms with E-state index in [9.17, 15) is 14.4 Å². The van der Waals surface area contributed by atoms with Crippen LogP contribution in [0.2, 0.25) is 0 Å². The minimum Gasteiger partial charge on any atom is -0.444 e. The SMILES string of the molecule is CCC(=O)C(=O)N1CCC(c2c[nH]c3ncc(NC(=O)OCc4ccccc4)cc23)CC1. The second kappa shape index (κ2) is 9.64. The molecule has 0 unspecified atom stereocenters. The van der Waals surface area contributed by atoms with E-state index >= 15 is 0 Å². The maximum Gasteiger partial charge on any atom is 0.412 e. The van der Waals surface area contributed by atoms with Crippen LogP contribution < -0.4 is 5.32 Å². The van der Waals surface area contributed by atoms with Gasteiger partial charge >= 0.3 is 6.09 Å². The van der Waals surface area contributed by atoms with Crippen LogP contribution in [-0.2, 0) is 20.9 Å². The molecule has 0 radical (unpaired) electrons. The number of anilines is 1. The van der Waals surface area contributed by atoms with Crippen molar-refractivity contribution in [3.05, 3.63) is 59.9 Å². The highest BCUT2D eigenvalue weighted by molar-refractivity contribution is 6.35. The second-order valence-corrected chi connectivity index (χ2v) is 7.89. The molecule has 1 fully saturated rings. The lowest BCUT2D eigenvalue weighted by Crippen LogP contribution is -2.41. The number of H-pyrrole nitrogens is 1. The van der Waals surface area contributed by atoms with E-state index < -0.39 is 6.09 Å². The molecule has 0 saturated carbocycles. The number of ether oxygens (including phenoxy) is 1. The van der Waals surface area contributed by atoms with Gasteiger partial charge in [0.1, 0.15) is 12.3 Å². The summed E-state index contributed by atoms with van der Waals surface area (Å²) in [7, 11) is 0. The molecule has 1 aliphatic heterocycles. The van der Waals surface area contributed by atoms with Crippen LogP contribution in [0.3, 0.4) is 0 Å². The highest BCUT2D eigenvalue weighted by atomic mass is 16.5. The summed E-state index contributed by atoms with van der Waals surface area (Å²) in [4.78, 5) is 45.3. The Labute approximate surface area is 186 Å².